The summed E-state index contributed by atoms with van der Waals surface area (Å²) in [6.45, 7) is 3.15. The van der Waals surface area contributed by atoms with Crippen LogP contribution in [0.3, 0.4) is 0 Å². The van der Waals surface area contributed by atoms with Crippen molar-refractivity contribution in [2.75, 3.05) is 32.2 Å². The van der Waals surface area contributed by atoms with Gasteiger partial charge in [-0.05, 0) is 25.3 Å². The second-order valence-electron chi connectivity index (χ2n) is 6.43. The van der Waals surface area contributed by atoms with Crippen LogP contribution in [-0.4, -0.2) is 57.5 Å². The van der Waals surface area contributed by atoms with Gasteiger partial charge in [-0.2, -0.15) is 0 Å². The van der Waals surface area contributed by atoms with E-state index >= 15 is 0 Å². The zero-order chi connectivity index (χ0) is 17.0. The van der Waals surface area contributed by atoms with E-state index < -0.39 is 15.6 Å². The number of aryl methyl sites for hydroxylation is 1. The Balaban J connectivity index is 2.07. The molecule has 5 nitrogen and oxygen atoms in total. The van der Waals surface area contributed by atoms with Crippen molar-refractivity contribution >= 4 is 15.7 Å². The average Bonchev–Trinajstić information content (AvgIpc) is 2.45. The minimum Gasteiger partial charge on any atom is -0.381 e. The minimum atomic E-state index is -3.30. The third-order valence-corrected chi connectivity index (χ3v) is 5.06. The monoisotopic (exact) mass is 339 g/mol. The molecule has 0 radical (unpaired) electrons. The van der Waals surface area contributed by atoms with Gasteiger partial charge in [0.15, 0.2) is 9.84 Å². The maximum absolute atomic E-state index is 12.2. The Morgan fingerprint density at radius 2 is 2.13 bits per heavy atom. The molecule has 1 heterocycles. The molecule has 6 heteroatoms. The van der Waals surface area contributed by atoms with E-state index in [0.717, 1.165) is 19.1 Å². The zero-order valence-electron chi connectivity index (χ0n) is 14.0. The summed E-state index contributed by atoms with van der Waals surface area (Å²) in [6.07, 6.45) is 2.75. The van der Waals surface area contributed by atoms with Crippen molar-refractivity contribution in [3.05, 3.63) is 35.4 Å². The van der Waals surface area contributed by atoms with Gasteiger partial charge in [0.05, 0.1) is 6.10 Å². The molecule has 0 unspecified atom stereocenters. The molecule has 1 saturated heterocycles. The number of ether oxygens (including phenoxy) is 1. The number of hydrogen-bond acceptors (Lipinski definition) is 4. The van der Waals surface area contributed by atoms with Gasteiger partial charge in [0, 0.05) is 32.4 Å². The number of piperidine rings is 1. The van der Waals surface area contributed by atoms with Crippen molar-refractivity contribution < 1.29 is 17.9 Å². The lowest BCUT2D eigenvalue weighted by Crippen LogP contribution is -2.48. The lowest BCUT2D eigenvalue weighted by molar-refractivity contribution is -0.132. The first-order valence-corrected chi connectivity index (χ1v) is 9.88. The van der Waals surface area contributed by atoms with E-state index in [9.17, 15) is 13.2 Å². The van der Waals surface area contributed by atoms with Gasteiger partial charge in [-0.1, -0.05) is 29.8 Å². The Labute approximate surface area is 138 Å². The first-order chi connectivity index (χ1) is 10.8. The van der Waals surface area contributed by atoms with Crippen molar-refractivity contribution in [3.63, 3.8) is 0 Å². The van der Waals surface area contributed by atoms with Crippen molar-refractivity contribution in [1.29, 1.82) is 0 Å². The number of likely N-dealkylation sites (tertiary alicyclic amines) is 1. The van der Waals surface area contributed by atoms with Crippen LogP contribution in [0.4, 0.5) is 0 Å². The third-order valence-electron chi connectivity index (χ3n) is 4.29. The van der Waals surface area contributed by atoms with Crippen LogP contribution in [0, 0.1) is 12.8 Å². The highest BCUT2D eigenvalue weighted by molar-refractivity contribution is 7.91. The molecule has 2 atom stereocenters. The molecule has 1 aliphatic heterocycles. The lowest BCUT2D eigenvalue weighted by atomic mass is 9.88. The van der Waals surface area contributed by atoms with E-state index in [4.69, 9.17) is 4.74 Å². The van der Waals surface area contributed by atoms with Gasteiger partial charge in [-0.15, -0.1) is 0 Å². The number of rotatable bonds is 5. The first-order valence-electron chi connectivity index (χ1n) is 7.82. The molecule has 0 aliphatic carbocycles. The maximum atomic E-state index is 12.2. The summed E-state index contributed by atoms with van der Waals surface area (Å²) in [4.78, 5) is 13.8. The maximum Gasteiger partial charge on any atom is 0.237 e. The number of sulfone groups is 1. The van der Waals surface area contributed by atoms with Gasteiger partial charge >= 0.3 is 0 Å². The van der Waals surface area contributed by atoms with Gasteiger partial charge < -0.3 is 9.64 Å². The first kappa shape index (κ1) is 17.9. The summed E-state index contributed by atoms with van der Waals surface area (Å²) in [6, 6.07) is 8.31. The Hall–Kier alpha value is -1.40. The molecular weight excluding hydrogens is 314 g/mol. The molecule has 1 fully saturated rings. The molecule has 23 heavy (non-hydrogen) atoms. The summed E-state index contributed by atoms with van der Waals surface area (Å²) in [7, 11) is -1.60. The summed E-state index contributed by atoms with van der Waals surface area (Å²) >= 11 is 0. The normalized spacial score (nSPS) is 22.1. The smallest absolute Gasteiger partial charge is 0.237 e. The van der Waals surface area contributed by atoms with E-state index in [-0.39, 0.29) is 17.9 Å². The van der Waals surface area contributed by atoms with E-state index in [1.165, 1.54) is 11.1 Å². The Morgan fingerprint density at radius 3 is 2.74 bits per heavy atom. The van der Waals surface area contributed by atoms with E-state index in [1.54, 1.807) is 12.0 Å². The van der Waals surface area contributed by atoms with E-state index in [0.29, 0.717) is 13.1 Å². The van der Waals surface area contributed by atoms with E-state index in [2.05, 4.69) is 25.1 Å². The summed E-state index contributed by atoms with van der Waals surface area (Å²) in [5.74, 6) is -0.544. The average molecular weight is 339 g/mol. The molecular formula is C17H25NO4S. The highest BCUT2D eigenvalue weighted by Gasteiger charge is 2.32. The van der Waals surface area contributed by atoms with Crippen LogP contribution >= 0.6 is 0 Å². The molecule has 0 saturated carbocycles. The Bertz CT molecular complexity index is 656. The van der Waals surface area contributed by atoms with Crippen LogP contribution in [0.25, 0.3) is 0 Å². The zero-order valence-corrected chi connectivity index (χ0v) is 14.8. The van der Waals surface area contributed by atoms with Crippen LogP contribution in [0.5, 0.6) is 0 Å². The fraction of sp³-hybridized carbons (Fsp3) is 0.588. The minimum absolute atomic E-state index is 0.0952. The highest BCUT2D eigenvalue weighted by atomic mass is 32.2. The number of amides is 1. The summed E-state index contributed by atoms with van der Waals surface area (Å²) in [5.41, 5.74) is 2.42. The highest BCUT2D eigenvalue weighted by Crippen LogP contribution is 2.24. The number of carbonyl (C=O) groups excluding carboxylic acids is 1. The van der Waals surface area contributed by atoms with Crippen LogP contribution in [0.15, 0.2) is 24.3 Å². The number of carbonyl (C=O) groups is 1. The molecule has 0 spiro atoms. The van der Waals surface area contributed by atoms with Gasteiger partial charge in [0.1, 0.15) is 5.75 Å². The quantitative estimate of drug-likeness (QED) is 0.814. The fourth-order valence-corrected chi connectivity index (χ4v) is 3.83. The predicted molar refractivity (Wildman–Crippen MR) is 90.1 cm³/mol. The second-order valence-corrected chi connectivity index (χ2v) is 8.57. The van der Waals surface area contributed by atoms with Gasteiger partial charge in [-0.25, -0.2) is 8.42 Å². The van der Waals surface area contributed by atoms with Crippen molar-refractivity contribution in [2.45, 2.75) is 25.9 Å². The van der Waals surface area contributed by atoms with Crippen LogP contribution in [0.2, 0.25) is 0 Å². The predicted octanol–water partition coefficient (Wildman–Crippen LogP) is 1.45. The lowest BCUT2D eigenvalue weighted by Gasteiger charge is -2.38. The third kappa shape index (κ3) is 5.32. The number of methoxy groups -OCH3 is 1. The molecule has 0 N–H and O–H groups in total. The summed E-state index contributed by atoms with van der Waals surface area (Å²) in [5, 5.41) is 0. The molecule has 0 aromatic heterocycles. The van der Waals surface area contributed by atoms with Gasteiger partial charge in [0.25, 0.3) is 0 Å². The molecule has 1 aromatic rings. The topological polar surface area (TPSA) is 63.7 Å². The molecule has 2 rings (SSSR count). The van der Waals surface area contributed by atoms with Crippen molar-refractivity contribution in [3.8, 4) is 0 Å². The fourth-order valence-electron chi connectivity index (χ4n) is 3.20. The molecule has 1 aliphatic rings. The van der Waals surface area contributed by atoms with Crippen molar-refractivity contribution in [2.24, 2.45) is 5.92 Å². The summed E-state index contributed by atoms with van der Waals surface area (Å²) < 4.78 is 28.3. The van der Waals surface area contributed by atoms with Gasteiger partial charge in [0.2, 0.25) is 5.91 Å². The molecule has 0 bridgehead atoms. The van der Waals surface area contributed by atoms with Crippen LogP contribution in [-0.2, 0) is 25.8 Å². The van der Waals surface area contributed by atoms with Crippen LogP contribution in [0.1, 0.15) is 17.5 Å². The second kappa shape index (κ2) is 7.45. The van der Waals surface area contributed by atoms with Crippen LogP contribution < -0.4 is 0 Å². The Morgan fingerprint density at radius 1 is 1.39 bits per heavy atom. The molecule has 1 amide bonds. The Kier molecular flexibility index (Phi) is 5.81. The largest absolute Gasteiger partial charge is 0.381 e. The SMILES string of the molecule is CO[C@@H]1CCN(C(=O)CS(C)(=O)=O)C[C@@H]1Cc1cccc(C)c1. The molecule has 1 aromatic carbocycles. The number of nitrogens with zero attached hydrogens (tertiary/aromatic N) is 1. The molecule has 128 valence electrons. The van der Waals surface area contributed by atoms with E-state index in [1.807, 2.05) is 6.07 Å². The van der Waals surface area contributed by atoms with Crippen molar-refractivity contribution in [1.82, 2.24) is 4.90 Å². The van der Waals surface area contributed by atoms with Gasteiger partial charge in [-0.3, -0.25) is 4.79 Å². The number of hydrogen-bond donors (Lipinski definition) is 0. The number of benzene rings is 1. The standard InChI is InChI=1S/C17H25NO4S/c1-13-5-4-6-14(9-13)10-15-11-18(8-7-16(15)22-2)17(19)12-23(3,20)21/h4-6,9,15-16H,7-8,10-12H2,1-3H3/t15-,16+/m0/s1.